The van der Waals surface area contributed by atoms with Gasteiger partial charge in [-0.05, 0) is 18.9 Å². The molecule has 1 unspecified atom stereocenters. The summed E-state index contributed by atoms with van der Waals surface area (Å²) in [5.41, 5.74) is 7.05. The highest BCUT2D eigenvalue weighted by Gasteiger charge is 2.21. The molecule has 0 saturated carbocycles. The van der Waals surface area contributed by atoms with Gasteiger partial charge in [0.2, 0.25) is 0 Å². The van der Waals surface area contributed by atoms with Crippen molar-refractivity contribution in [1.82, 2.24) is 5.32 Å². The van der Waals surface area contributed by atoms with Crippen molar-refractivity contribution >= 4 is 35.9 Å². The van der Waals surface area contributed by atoms with Gasteiger partial charge >= 0.3 is 5.97 Å². The van der Waals surface area contributed by atoms with E-state index in [9.17, 15) is 4.79 Å². The average molecular weight is 433 g/mol. The molecule has 6 nitrogen and oxygen atoms in total. The topological polar surface area (TPSA) is 85.9 Å². The molecule has 1 atom stereocenters. The Balaban J connectivity index is 0.00000264. The van der Waals surface area contributed by atoms with E-state index in [1.807, 2.05) is 24.3 Å². The van der Waals surface area contributed by atoms with Crippen LogP contribution in [0.15, 0.2) is 29.3 Å². The standard InChI is InChI=1S/C16H23N3O3.HI/c1-21-15(20)8-4-5-10-18-16(17)19-13-9-11-22-14-7-3-2-6-12(13)14;/h2-3,6-7,13H,4-5,8-11H2,1H3,(H3,17,18,19);1H. The van der Waals surface area contributed by atoms with Crippen LogP contribution in [0.4, 0.5) is 0 Å². The summed E-state index contributed by atoms with van der Waals surface area (Å²) >= 11 is 0. The molecule has 1 aromatic rings. The third kappa shape index (κ3) is 6.25. The number of carbonyl (C=O) groups excluding carboxylic acids is 1. The lowest BCUT2D eigenvalue weighted by Crippen LogP contribution is -2.37. The summed E-state index contributed by atoms with van der Waals surface area (Å²) in [5.74, 6) is 1.14. The fourth-order valence-corrected chi connectivity index (χ4v) is 2.40. The lowest BCUT2D eigenvalue weighted by molar-refractivity contribution is -0.140. The van der Waals surface area contributed by atoms with Gasteiger partial charge < -0.3 is 20.5 Å². The highest BCUT2D eigenvalue weighted by atomic mass is 127. The molecule has 0 aromatic heterocycles. The molecule has 0 radical (unpaired) electrons. The third-order valence-corrected chi connectivity index (χ3v) is 3.58. The Morgan fingerprint density at radius 2 is 2.22 bits per heavy atom. The van der Waals surface area contributed by atoms with Gasteiger partial charge in [-0.3, -0.25) is 9.79 Å². The van der Waals surface area contributed by atoms with Crippen molar-refractivity contribution in [3.8, 4) is 5.75 Å². The number of aliphatic imine (C=N–C) groups is 1. The van der Waals surface area contributed by atoms with Crippen LogP contribution in [0.3, 0.4) is 0 Å². The smallest absolute Gasteiger partial charge is 0.305 e. The number of guanidine groups is 1. The molecular formula is C16H24IN3O3. The highest BCUT2D eigenvalue weighted by Crippen LogP contribution is 2.31. The number of halogens is 1. The van der Waals surface area contributed by atoms with Crippen molar-refractivity contribution in [2.45, 2.75) is 31.7 Å². The summed E-state index contributed by atoms with van der Waals surface area (Å²) in [6.07, 6.45) is 2.84. The average Bonchev–Trinajstić information content (AvgIpc) is 2.54. The van der Waals surface area contributed by atoms with Crippen LogP contribution in [-0.4, -0.2) is 32.2 Å². The first-order valence-corrected chi connectivity index (χ1v) is 7.55. The fraction of sp³-hybridized carbons (Fsp3) is 0.500. The van der Waals surface area contributed by atoms with Gasteiger partial charge in [0.15, 0.2) is 5.96 Å². The van der Waals surface area contributed by atoms with Gasteiger partial charge in [0.05, 0.1) is 19.8 Å². The fourth-order valence-electron chi connectivity index (χ4n) is 2.40. The summed E-state index contributed by atoms with van der Waals surface area (Å²) in [7, 11) is 1.40. The molecule has 2 rings (SSSR count). The molecule has 128 valence electrons. The molecule has 1 aliphatic rings. The van der Waals surface area contributed by atoms with Crippen LogP contribution in [0, 0.1) is 0 Å². The number of methoxy groups -OCH3 is 1. The number of unbranched alkanes of at least 4 members (excludes halogenated alkanes) is 1. The van der Waals surface area contributed by atoms with E-state index in [2.05, 4.69) is 15.0 Å². The maximum atomic E-state index is 11.0. The zero-order chi connectivity index (χ0) is 15.8. The van der Waals surface area contributed by atoms with Crippen LogP contribution in [-0.2, 0) is 9.53 Å². The third-order valence-electron chi connectivity index (χ3n) is 3.58. The number of fused-ring (bicyclic) bond motifs is 1. The second-order valence-corrected chi connectivity index (χ2v) is 5.17. The van der Waals surface area contributed by atoms with E-state index in [1.54, 1.807) is 0 Å². The van der Waals surface area contributed by atoms with E-state index < -0.39 is 0 Å². The number of rotatable bonds is 6. The van der Waals surface area contributed by atoms with Gasteiger partial charge in [0.25, 0.3) is 0 Å². The first-order chi connectivity index (χ1) is 10.7. The van der Waals surface area contributed by atoms with E-state index in [0.717, 1.165) is 30.6 Å². The summed E-state index contributed by atoms with van der Waals surface area (Å²) in [6.45, 7) is 1.27. The van der Waals surface area contributed by atoms with Gasteiger partial charge in [-0.25, -0.2) is 0 Å². The van der Waals surface area contributed by atoms with Crippen molar-refractivity contribution in [2.75, 3.05) is 20.3 Å². The minimum absolute atomic E-state index is 0. The number of nitrogens with one attached hydrogen (secondary N) is 1. The number of hydrogen-bond donors (Lipinski definition) is 2. The van der Waals surface area contributed by atoms with Gasteiger partial charge in [-0.1, -0.05) is 18.2 Å². The molecule has 0 amide bonds. The number of nitrogens with two attached hydrogens (primary N) is 1. The molecule has 3 N–H and O–H groups in total. The number of para-hydroxylation sites is 1. The quantitative estimate of drug-likeness (QED) is 0.237. The zero-order valence-corrected chi connectivity index (χ0v) is 15.6. The van der Waals surface area contributed by atoms with Crippen LogP contribution in [0.5, 0.6) is 5.75 Å². The van der Waals surface area contributed by atoms with Crippen molar-refractivity contribution in [1.29, 1.82) is 0 Å². The van der Waals surface area contributed by atoms with Crippen molar-refractivity contribution in [2.24, 2.45) is 10.7 Å². The van der Waals surface area contributed by atoms with Crippen LogP contribution in [0.25, 0.3) is 0 Å². The largest absolute Gasteiger partial charge is 0.493 e. The monoisotopic (exact) mass is 433 g/mol. The normalized spacial score (nSPS) is 16.6. The second kappa shape index (κ2) is 10.3. The Kier molecular flexibility index (Phi) is 8.75. The molecule has 0 aliphatic carbocycles. The summed E-state index contributed by atoms with van der Waals surface area (Å²) in [5, 5.41) is 3.24. The van der Waals surface area contributed by atoms with Crippen LogP contribution < -0.4 is 15.8 Å². The lowest BCUT2D eigenvalue weighted by atomic mass is 10.0. The Labute approximate surface area is 153 Å². The number of carbonyl (C=O) groups is 1. The molecule has 0 spiro atoms. The van der Waals surface area contributed by atoms with E-state index >= 15 is 0 Å². The predicted molar refractivity (Wildman–Crippen MR) is 100 cm³/mol. The number of benzene rings is 1. The van der Waals surface area contributed by atoms with E-state index in [1.165, 1.54) is 7.11 Å². The lowest BCUT2D eigenvalue weighted by Gasteiger charge is -2.26. The summed E-state index contributed by atoms with van der Waals surface area (Å²) in [4.78, 5) is 15.3. The Hall–Kier alpha value is -1.51. The van der Waals surface area contributed by atoms with Crippen molar-refractivity contribution < 1.29 is 14.3 Å². The Bertz CT molecular complexity index is 537. The molecular weight excluding hydrogens is 409 g/mol. The SMILES string of the molecule is COC(=O)CCCCN=C(N)NC1CCOc2ccccc21.I. The van der Waals surface area contributed by atoms with Crippen LogP contribution >= 0.6 is 24.0 Å². The van der Waals surface area contributed by atoms with E-state index in [-0.39, 0.29) is 36.0 Å². The summed E-state index contributed by atoms with van der Waals surface area (Å²) < 4.78 is 10.2. The first-order valence-electron chi connectivity index (χ1n) is 7.55. The molecule has 1 aromatic carbocycles. The second-order valence-electron chi connectivity index (χ2n) is 5.17. The number of hydrogen-bond acceptors (Lipinski definition) is 4. The van der Waals surface area contributed by atoms with Gasteiger partial charge in [-0.2, -0.15) is 0 Å². The Morgan fingerprint density at radius 3 is 3.00 bits per heavy atom. The van der Waals surface area contributed by atoms with Crippen molar-refractivity contribution in [3.63, 3.8) is 0 Å². The minimum Gasteiger partial charge on any atom is -0.493 e. The molecule has 23 heavy (non-hydrogen) atoms. The van der Waals surface area contributed by atoms with Gasteiger partial charge in [0, 0.05) is 24.9 Å². The first kappa shape index (κ1) is 19.5. The molecule has 0 fully saturated rings. The molecule has 0 bridgehead atoms. The molecule has 1 heterocycles. The predicted octanol–water partition coefficient (Wildman–Crippen LogP) is 2.38. The summed E-state index contributed by atoms with van der Waals surface area (Å²) in [6, 6.07) is 8.07. The van der Waals surface area contributed by atoms with Gasteiger partial charge in [-0.15, -0.1) is 24.0 Å². The Morgan fingerprint density at radius 1 is 1.43 bits per heavy atom. The molecule has 7 heteroatoms. The number of nitrogens with zero attached hydrogens (tertiary/aromatic N) is 1. The minimum atomic E-state index is -0.186. The van der Waals surface area contributed by atoms with E-state index in [0.29, 0.717) is 25.5 Å². The number of ether oxygens (including phenoxy) is 2. The van der Waals surface area contributed by atoms with Crippen LogP contribution in [0.1, 0.15) is 37.3 Å². The van der Waals surface area contributed by atoms with Crippen molar-refractivity contribution in [3.05, 3.63) is 29.8 Å². The zero-order valence-electron chi connectivity index (χ0n) is 13.3. The van der Waals surface area contributed by atoms with Crippen LogP contribution in [0.2, 0.25) is 0 Å². The molecule has 0 saturated heterocycles. The van der Waals surface area contributed by atoms with Gasteiger partial charge in [0.1, 0.15) is 5.75 Å². The maximum Gasteiger partial charge on any atom is 0.305 e. The number of esters is 1. The highest BCUT2D eigenvalue weighted by molar-refractivity contribution is 14.0. The van der Waals surface area contributed by atoms with E-state index in [4.69, 9.17) is 10.5 Å². The maximum absolute atomic E-state index is 11.0. The molecule has 1 aliphatic heterocycles.